The fraction of sp³-hybridized carbons (Fsp3) is 0.214. The van der Waals surface area contributed by atoms with Crippen molar-refractivity contribution in [3.05, 3.63) is 36.0 Å². The molecule has 3 aromatic rings. The molecule has 0 saturated heterocycles. The summed E-state index contributed by atoms with van der Waals surface area (Å²) in [7, 11) is 0. The number of amides is 1. The number of aromatic nitrogens is 3. The van der Waals surface area contributed by atoms with Crippen molar-refractivity contribution in [2.75, 3.05) is 11.1 Å². The van der Waals surface area contributed by atoms with Crippen molar-refractivity contribution < 1.29 is 4.79 Å². The van der Waals surface area contributed by atoms with E-state index in [9.17, 15) is 4.79 Å². The number of hydrogen-bond acceptors (Lipinski definition) is 5. The number of hydrogen-bond donors (Lipinski definition) is 2. The molecule has 3 rings (SSSR count). The summed E-state index contributed by atoms with van der Waals surface area (Å²) in [6, 6.07) is 7.30. The van der Waals surface area contributed by atoms with Gasteiger partial charge >= 0.3 is 0 Å². The lowest BCUT2D eigenvalue weighted by atomic mass is 10.2. The van der Waals surface area contributed by atoms with E-state index >= 15 is 0 Å². The van der Waals surface area contributed by atoms with Gasteiger partial charge in [0.1, 0.15) is 5.82 Å². The predicted octanol–water partition coefficient (Wildman–Crippen LogP) is 2.91. The molecule has 3 N–H and O–H groups in total. The maximum atomic E-state index is 12.3. The van der Waals surface area contributed by atoms with Gasteiger partial charge in [-0.15, -0.1) is 0 Å². The van der Waals surface area contributed by atoms with E-state index in [1.54, 1.807) is 35.1 Å². The molecular weight excluding hydrogens is 286 g/mol. The largest absolute Gasteiger partial charge is 0.375 e. The predicted molar refractivity (Wildman–Crippen MR) is 84.6 cm³/mol. The smallest absolute Gasteiger partial charge is 0.256 e. The SMILES string of the molecule is CC(C)n1nccc1NC(=O)c1ccc2nc(N)sc2c1. The van der Waals surface area contributed by atoms with E-state index in [1.807, 2.05) is 13.8 Å². The third-order valence-corrected chi connectivity index (χ3v) is 3.92. The number of anilines is 2. The van der Waals surface area contributed by atoms with E-state index < -0.39 is 0 Å². The quantitative estimate of drug-likeness (QED) is 0.779. The molecule has 108 valence electrons. The van der Waals surface area contributed by atoms with Crippen LogP contribution in [-0.4, -0.2) is 20.7 Å². The second-order valence-electron chi connectivity index (χ2n) is 4.94. The Morgan fingerprint density at radius 2 is 2.19 bits per heavy atom. The molecule has 0 bridgehead atoms. The standard InChI is InChI=1S/C14H15N5OS/c1-8(2)19-12(5-6-16-19)18-13(20)9-3-4-10-11(7-9)21-14(15)17-10/h3-8H,1-2H3,(H2,15,17)(H,18,20). The summed E-state index contributed by atoms with van der Waals surface area (Å²) in [6.07, 6.45) is 1.67. The molecule has 0 aliphatic rings. The molecule has 1 amide bonds. The van der Waals surface area contributed by atoms with Crippen LogP contribution in [0.2, 0.25) is 0 Å². The van der Waals surface area contributed by atoms with Gasteiger partial charge in [0, 0.05) is 17.7 Å². The number of rotatable bonds is 3. The molecule has 2 aromatic heterocycles. The molecule has 0 aliphatic carbocycles. The molecule has 21 heavy (non-hydrogen) atoms. The first-order valence-electron chi connectivity index (χ1n) is 6.55. The van der Waals surface area contributed by atoms with Crippen LogP contribution in [0.4, 0.5) is 10.9 Å². The van der Waals surface area contributed by atoms with Crippen LogP contribution in [0, 0.1) is 0 Å². The van der Waals surface area contributed by atoms with E-state index in [-0.39, 0.29) is 11.9 Å². The number of nitrogen functional groups attached to an aromatic ring is 1. The number of nitrogens with two attached hydrogens (primary N) is 1. The highest BCUT2D eigenvalue weighted by molar-refractivity contribution is 7.22. The van der Waals surface area contributed by atoms with Crippen LogP contribution in [0.1, 0.15) is 30.2 Å². The fourth-order valence-electron chi connectivity index (χ4n) is 2.10. The van der Waals surface area contributed by atoms with Crippen molar-refractivity contribution in [1.29, 1.82) is 0 Å². The fourth-order valence-corrected chi connectivity index (χ4v) is 2.87. The molecule has 6 nitrogen and oxygen atoms in total. The molecule has 0 radical (unpaired) electrons. The topological polar surface area (TPSA) is 85.8 Å². The summed E-state index contributed by atoms with van der Waals surface area (Å²) in [5.74, 6) is 0.505. The minimum atomic E-state index is -0.175. The van der Waals surface area contributed by atoms with Crippen LogP contribution >= 0.6 is 11.3 Å². The molecule has 0 spiro atoms. The Morgan fingerprint density at radius 3 is 2.95 bits per heavy atom. The number of thiazole rings is 1. The molecule has 0 fully saturated rings. The summed E-state index contributed by atoms with van der Waals surface area (Å²) in [4.78, 5) is 16.5. The first kappa shape index (κ1) is 13.6. The molecule has 0 aliphatic heterocycles. The maximum absolute atomic E-state index is 12.3. The van der Waals surface area contributed by atoms with Crippen LogP contribution in [0.3, 0.4) is 0 Å². The third kappa shape index (κ3) is 2.59. The van der Waals surface area contributed by atoms with E-state index in [1.165, 1.54) is 11.3 Å². The van der Waals surface area contributed by atoms with Crippen molar-refractivity contribution in [2.24, 2.45) is 0 Å². The lowest BCUT2D eigenvalue weighted by Gasteiger charge is -2.11. The molecule has 0 unspecified atom stereocenters. The highest BCUT2D eigenvalue weighted by Gasteiger charge is 2.12. The van der Waals surface area contributed by atoms with Crippen LogP contribution in [0.25, 0.3) is 10.2 Å². The van der Waals surface area contributed by atoms with E-state index in [2.05, 4.69) is 15.4 Å². The van der Waals surface area contributed by atoms with Gasteiger partial charge in [-0.3, -0.25) is 4.79 Å². The molecule has 1 aromatic carbocycles. The molecule has 0 atom stereocenters. The number of carbonyl (C=O) groups is 1. The van der Waals surface area contributed by atoms with E-state index in [4.69, 9.17) is 5.73 Å². The Kier molecular flexibility index (Phi) is 3.34. The number of fused-ring (bicyclic) bond motifs is 1. The zero-order valence-electron chi connectivity index (χ0n) is 11.7. The lowest BCUT2D eigenvalue weighted by Crippen LogP contribution is -2.16. The average molecular weight is 301 g/mol. The maximum Gasteiger partial charge on any atom is 0.256 e. The number of benzene rings is 1. The highest BCUT2D eigenvalue weighted by Crippen LogP contribution is 2.25. The number of carbonyl (C=O) groups excluding carboxylic acids is 1. The van der Waals surface area contributed by atoms with Gasteiger partial charge in [0.15, 0.2) is 5.13 Å². The summed E-state index contributed by atoms with van der Waals surface area (Å²) < 4.78 is 2.67. The van der Waals surface area contributed by atoms with Gasteiger partial charge in [-0.25, -0.2) is 9.67 Å². The second-order valence-corrected chi connectivity index (χ2v) is 6.01. The van der Waals surface area contributed by atoms with Crippen LogP contribution in [0.5, 0.6) is 0 Å². The summed E-state index contributed by atoms with van der Waals surface area (Å²) in [5, 5.41) is 7.57. The Labute approximate surface area is 125 Å². The monoisotopic (exact) mass is 301 g/mol. The van der Waals surface area contributed by atoms with Gasteiger partial charge in [-0.2, -0.15) is 5.10 Å². The zero-order chi connectivity index (χ0) is 15.0. The Bertz CT molecular complexity index is 805. The van der Waals surface area contributed by atoms with Crippen LogP contribution in [-0.2, 0) is 0 Å². The van der Waals surface area contributed by atoms with E-state index in [0.29, 0.717) is 16.5 Å². The van der Waals surface area contributed by atoms with Gasteiger partial charge in [0.2, 0.25) is 0 Å². The van der Waals surface area contributed by atoms with Gasteiger partial charge in [0.25, 0.3) is 5.91 Å². The average Bonchev–Trinajstić information content (AvgIpc) is 3.02. The number of nitrogens with zero attached hydrogens (tertiary/aromatic N) is 3. The van der Waals surface area contributed by atoms with Gasteiger partial charge < -0.3 is 11.1 Å². The molecule has 7 heteroatoms. The normalized spacial score (nSPS) is 11.2. The van der Waals surface area contributed by atoms with Crippen molar-refractivity contribution in [2.45, 2.75) is 19.9 Å². The first-order valence-corrected chi connectivity index (χ1v) is 7.37. The molecular formula is C14H15N5OS. The zero-order valence-corrected chi connectivity index (χ0v) is 12.5. The van der Waals surface area contributed by atoms with Crippen molar-refractivity contribution in [1.82, 2.24) is 14.8 Å². The minimum Gasteiger partial charge on any atom is -0.375 e. The van der Waals surface area contributed by atoms with Crippen LogP contribution in [0.15, 0.2) is 30.5 Å². The van der Waals surface area contributed by atoms with Crippen molar-refractivity contribution in [3.63, 3.8) is 0 Å². The molecule has 2 heterocycles. The van der Waals surface area contributed by atoms with Crippen molar-refractivity contribution >= 4 is 38.4 Å². The second kappa shape index (κ2) is 5.17. The Morgan fingerprint density at radius 1 is 1.38 bits per heavy atom. The van der Waals surface area contributed by atoms with E-state index in [0.717, 1.165) is 10.2 Å². The number of nitrogens with one attached hydrogen (secondary N) is 1. The van der Waals surface area contributed by atoms with Crippen LogP contribution < -0.4 is 11.1 Å². The third-order valence-electron chi connectivity index (χ3n) is 3.07. The molecule has 0 saturated carbocycles. The van der Waals surface area contributed by atoms with Gasteiger partial charge in [-0.1, -0.05) is 11.3 Å². The summed E-state index contributed by atoms with van der Waals surface area (Å²) in [6.45, 7) is 4.02. The highest BCUT2D eigenvalue weighted by atomic mass is 32.1. The summed E-state index contributed by atoms with van der Waals surface area (Å²) in [5.41, 5.74) is 7.05. The van der Waals surface area contributed by atoms with Gasteiger partial charge in [0.05, 0.1) is 16.4 Å². The van der Waals surface area contributed by atoms with Crippen molar-refractivity contribution in [3.8, 4) is 0 Å². The lowest BCUT2D eigenvalue weighted by molar-refractivity contribution is 0.102. The Balaban J connectivity index is 1.88. The summed E-state index contributed by atoms with van der Waals surface area (Å²) >= 11 is 1.37. The van der Waals surface area contributed by atoms with Gasteiger partial charge in [-0.05, 0) is 32.0 Å². The Hall–Kier alpha value is -2.41. The minimum absolute atomic E-state index is 0.175. The first-order chi connectivity index (χ1) is 10.0.